The van der Waals surface area contributed by atoms with Gasteiger partial charge in [-0.3, -0.25) is 14.4 Å². The summed E-state index contributed by atoms with van der Waals surface area (Å²) in [5, 5.41) is 14.3. The number of methoxy groups -OCH3 is 1. The van der Waals surface area contributed by atoms with Gasteiger partial charge in [-0.05, 0) is 65.7 Å². The topological polar surface area (TPSA) is 137 Å². The molecule has 4 heterocycles. The van der Waals surface area contributed by atoms with Crippen molar-refractivity contribution in [2.45, 2.75) is 25.1 Å². The predicted molar refractivity (Wildman–Crippen MR) is 180 cm³/mol. The molecule has 248 valence electrons. The van der Waals surface area contributed by atoms with Crippen molar-refractivity contribution in [3.63, 3.8) is 0 Å². The molecule has 3 aliphatic rings. The third-order valence-electron chi connectivity index (χ3n) is 8.56. The molecule has 2 atom stereocenters. The number of likely N-dealkylation sites (tertiary alicyclic amines) is 1. The maximum Gasteiger partial charge on any atom is 0.276 e. The van der Waals surface area contributed by atoms with Gasteiger partial charge in [0.05, 0.1) is 25.0 Å². The van der Waals surface area contributed by atoms with Gasteiger partial charge in [0.1, 0.15) is 23.4 Å². The molecular weight excluding hydrogens is 624 g/mol. The van der Waals surface area contributed by atoms with Crippen LogP contribution < -0.4 is 24.8 Å². The molecule has 1 fully saturated rings. The van der Waals surface area contributed by atoms with Gasteiger partial charge in [-0.1, -0.05) is 47.7 Å². The number of carbonyl (C=O) groups is 3. The molecule has 1 saturated heterocycles. The molecule has 1 aromatic heterocycles. The van der Waals surface area contributed by atoms with Crippen LogP contribution in [0.3, 0.4) is 0 Å². The van der Waals surface area contributed by atoms with E-state index in [2.05, 4.69) is 20.9 Å². The van der Waals surface area contributed by atoms with E-state index in [4.69, 9.17) is 14.2 Å². The summed E-state index contributed by atoms with van der Waals surface area (Å²) in [6, 6.07) is 28.7. The zero-order chi connectivity index (χ0) is 33.7. The van der Waals surface area contributed by atoms with Crippen LogP contribution in [0.5, 0.6) is 17.2 Å². The van der Waals surface area contributed by atoms with Crippen LogP contribution in [0.2, 0.25) is 0 Å². The molecule has 49 heavy (non-hydrogen) atoms. The quantitative estimate of drug-likeness (QED) is 0.297. The molecule has 0 spiro atoms. The molecule has 6 bridgehead atoms. The molecule has 0 aliphatic carbocycles. The van der Waals surface area contributed by atoms with Crippen molar-refractivity contribution in [3.05, 3.63) is 120 Å². The van der Waals surface area contributed by atoms with Crippen molar-refractivity contribution in [2.24, 2.45) is 0 Å². The number of benzene rings is 4. The van der Waals surface area contributed by atoms with Crippen molar-refractivity contribution in [3.8, 4) is 34.1 Å². The Labute approximate surface area is 282 Å². The number of amides is 3. The lowest BCUT2D eigenvalue weighted by Crippen LogP contribution is -2.58. The van der Waals surface area contributed by atoms with E-state index >= 15 is 0 Å². The number of fused-ring (bicyclic) bond motifs is 7. The van der Waals surface area contributed by atoms with Gasteiger partial charge in [-0.25, -0.2) is 4.68 Å². The van der Waals surface area contributed by atoms with Crippen molar-refractivity contribution in [1.82, 2.24) is 30.5 Å². The Bertz CT molecular complexity index is 1980. The number of nitrogens with zero attached hydrogens (tertiary/aromatic N) is 4. The Morgan fingerprint density at radius 3 is 2.57 bits per heavy atom. The van der Waals surface area contributed by atoms with Crippen LogP contribution in [-0.4, -0.2) is 76.6 Å². The molecule has 4 aromatic carbocycles. The molecule has 3 aliphatic heterocycles. The first-order chi connectivity index (χ1) is 23.9. The van der Waals surface area contributed by atoms with Crippen LogP contribution in [-0.2, 0) is 11.3 Å². The lowest BCUT2D eigenvalue weighted by molar-refractivity contribution is -0.123. The molecule has 12 nitrogen and oxygen atoms in total. The fourth-order valence-electron chi connectivity index (χ4n) is 5.97. The summed E-state index contributed by atoms with van der Waals surface area (Å²) in [7, 11) is 1.56. The Hall–Kier alpha value is -6.17. The van der Waals surface area contributed by atoms with Crippen LogP contribution in [0.4, 0.5) is 0 Å². The average molecular weight is 659 g/mol. The molecular formula is C37H34N6O6. The fourth-order valence-corrected chi connectivity index (χ4v) is 5.97. The summed E-state index contributed by atoms with van der Waals surface area (Å²) >= 11 is 0. The number of aromatic nitrogens is 3. The predicted octanol–water partition coefficient (Wildman–Crippen LogP) is 4.04. The van der Waals surface area contributed by atoms with Crippen molar-refractivity contribution in [1.29, 1.82) is 0 Å². The number of hydrogen-bond donors (Lipinski definition) is 2. The van der Waals surface area contributed by atoms with Crippen molar-refractivity contribution >= 4 is 17.7 Å². The molecule has 12 heteroatoms. The number of para-hydroxylation sites is 1. The highest BCUT2D eigenvalue weighted by Crippen LogP contribution is 2.33. The number of carbonyl (C=O) groups excluding carboxylic acids is 3. The molecule has 0 unspecified atom stereocenters. The number of ether oxygens (including phenoxy) is 3. The Kier molecular flexibility index (Phi) is 8.92. The monoisotopic (exact) mass is 658 g/mol. The summed E-state index contributed by atoms with van der Waals surface area (Å²) in [4.78, 5) is 41.8. The van der Waals surface area contributed by atoms with Crippen LogP contribution in [0.15, 0.2) is 103 Å². The summed E-state index contributed by atoms with van der Waals surface area (Å²) in [6.45, 7) is 0.752. The van der Waals surface area contributed by atoms with E-state index in [1.54, 1.807) is 53.2 Å². The normalized spacial score (nSPS) is 17.9. The number of piperidine rings is 1. The summed E-state index contributed by atoms with van der Waals surface area (Å²) in [5.41, 5.74) is 3.70. The zero-order valence-electron chi connectivity index (χ0n) is 26.7. The van der Waals surface area contributed by atoms with E-state index < -0.39 is 12.1 Å². The second-order valence-corrected chi connectivity index (χ2v) is 11.8. The van der Waals surface area contributed by atoms with Gasteiger partial charge in [0, 0.05) is 37.2 Å². The Balaban J connectivity index is 1.19. The molecule has 5 aromatic rings. The minimum atomic E-state index is -0.554. The van der Waals surface area contributed by atoms with E-state index in [9.17, 15) is 14.4 Å². The van der Waals surface area contributed by atoms with Gasteiger partial charge in [-0.15, -0.1) is 5.10 Å². The van der Waals surface area contributed by atoms with Crippen LogP contribution in [0, 0.1) is 0 Å². The maximum atomic E-state index is 13.9. The summed E-state index contributed by atoms with van der Waals surface area (Å²) < 4.78 is 19.4. The second-order valence-electron chi connectivity index (χ2n) is 11.8. The van der Waals surface area contributed by atoms with Crippen molar-refractivity contribution < 1.29 is 28.6 Å². The standard InChI is InChI=1S/C37H34N6O6/c1-47-33-15-12-26-19-30(33)25-6-5-9-29(18-25)48-23-35(44)38-20-24-10-13-28(14-11-24)49-34-16-17-42(21-31(34)39-36(26)45)37(46)32-22-43(41-40-32)27-7-3-2-4-8-27/h2-15,18-19,22,31,34H,16-17,20-21,23H2,1H3,(H,38,44)(H,39,45)/t31-,34-/m1/s1. The van der Waals surface area contributed by atoms with Gasteiger partial charge >= 0.3 is 0 Å². The van der Waals surface area contributed by atoms with E-state index in [0.717, 1.165) is 16.8 Å². The first kappa shape index (κ1) is 31.4. The lowest BCUT2D eigenvalue weighted by Gasteiger charge is -2.38. The number of rotatable bonds is 3. The first-order valence-electron chi connectivity index (χ1n) is 15.9. The average Bonchev–Trinajstić information content (AvgIpc) is 3.64. The molecule has 8 rings (SSSR count). The fraction of sp³-hybridized carbons (Fsp3) is 0.216. The highest BCUT2D eigenvalue weighted by Gasteiger charge is 2.35. The Morgan fingerprint density at radius 2 is 1.76 bits per heavy atom. The summed E-state index contributed by atoms with van der Waals surface area (Å²) in [5.74, 6) is 0.785. The SMILES string of the molecule is COc1ccc2cc1-c1cccc(c1)OCC(=O)NCc1ccc(cc1)O[C@@H]1CCN(C(=O)c3cn(-c4ccccc4)nn3)C[C@H]1NC2=O. The van der Waals surface area contributed by atoms with Gasteiger partial charge in [0.15, 0.2) is 12.3 Å². The van der Waals surface area contributed by atoms with Gasteiger partial charge < -0.3 is 29.7 Å². The summed E-state index contributed by atoms with van der Waals surface area (Å²) in [6.07, 6.45) is 1.63. The minimum absolute atomic E-state index is 0.155. The van der Waals surface area contributed by atoms with Crippen LogP contribution >= 0.6 is 0 Å². The van der Waals surface area contributed by atoms with E-state index in [0.29, 0.717) is 47.9 Å². The first-order valence-corrected chi connectivity index (χ1v) is 15.9. The van der Waals surface area contributed by atoms with Gasteiger partial charge in [0.25, 0.3) is 17.7 Å². The molecule has 0 radical (unpaired) electrons. The molecule has 2 N–H and O–H groups in total. The molecule has 0 saturated carbocycles. The molecule has 3 amide bonds. The third-order valence-corrected chi connectivity index (χ3v) is 8.56. The zero-order valence-corrected chi connectivity index (χ0v) is 26.7. The van der Waals surface area contributed by atoms with Gasteiger partial charge in [-0.2, -0.15) is 0 Å². The number of hydrogen-bond acceptors (Lipinski definition) is 8. The van der Waals surface area contributed by atoms with Crippen molar-refractivity contribution in [2.75, 3.05) is 26.8 Å². The van der Waals surface area contributed by atoms with E-state index in [1.165, 1.54) is 0 Å². The third kappa shape index (κ3) is 7.08. The number of nitrogens with one attached hydrogen (secondary N) is 2. The second kappa shape index (κ2) is 13.9. The van der Waals surface area contributed by atoms with E-state index in [-0.39, 0.29) is 36.6 Å². The van der Waals surface area contributed by atoms with Crippen LogP contribution in [0.25, 0.3) is 16.8 Å². The van der Waals surface area contributed by atoms with Crippen LogP contribution in [0.1, 0.15) is 32.8 Å². The highest BCUT2D eigenvalue weighted by molar-refractivity contribution is 5.97. The largest absolute Gasteiger partial charge is 0.496 e. The Morgan fingerprint density at radius 1 is 0.918 bits per heavy atom. The highest BCUT2D eigenvalue weighted by atomic mass is 16.5. The van der Waals surface area contributed by atoms with Gasteiger partial charge in [0.2, 0.25) is 0 Å². The maximum absolute atomic E-state index is 13.9. The smallest absolute Gasteiger partial charge is 0.276 e. The minimum Gasteiger partial charge on any atom is -0.496 e. The lowest BCUT2D eigenvalue weighted by atomic mass is 9.99. The van der Waals surface area contributed by atoms with E-state index in [1.807, 2.05) is 66.7 Å².